The van der Waals surface area contributed by atoms with Gasteiger partial charge in [-0.15, -0.1) is 0 Å². The van der Waals surface area contributed by atoms with Crippen LogP contribution in [-0.2, 0) is 4.79 Å². The highest BCUT2D eigenvalue weighted by molar-refractivity contribution is 5.89. The summed E-state index contributed by atoms with van der Waals surface area (Å²) in [5.74, 6) is 1.66. The molecule has 0 atom stereocenters. The number of rotatable bonds is 0. The van der Waals surface area contributed by atoms with Crippen molar-refractivity contribution in [1.82, 2.24) is 5.32 Å². The van der Waals surface area contributed by atoms with E-state index in [0.29, 0.717) is 5.70 Å². The Morgan fingerprint density at radius 2 is 2.62 bits per heavy atom. The van der Waals surface area contributed by atoms with Gasteiger partial charge < -0.3 is 5.32 Å². The molecule has 40 valence electrons. The normalized spacial score (nSPS) is 15.2. The molecule has 0 spiro atoms. The Bertz CT molecular complexity index is 187. The van der Waals surface area contributed by atoms with Crippen LogP contribution in [0.25, 0.3) is 0 Å². The second kappa shape index (κ2) is 2.09. The zero-order valence-corrected chi connectivity index (χ0v) is 4.09. The standard InChI is InChI=1S/C5H4N2O/c8-4-5-3-6-1-2-7-5/h1-3,7H. The van der Waals surface area contributed by atoms with Gasteiger partial charge in [-0.05, 0) is 0 Å². The third-order valence-corrected chi connectivity index (χ3v) is 0.713. The van der Waals surface area contributed by atoms with Gasteiger partial charge in [-0.1, -0.05) is 0 Å². The molecule has 3 heteroatoms. The van der Waals surface area contributed by atoms with Gasteiger partial charge in [-0.2, -0.15) is 0 Å². The summed E-state index contributed by atoms with van der Waals surface area (Å²) in [5, 5.41) is 2.63. The molecule has 0 aromatic heterocycles. The van der Waals surface area contributed by atoms with Crippen molar-refractivity contribution in [2.45, 2.75) is 0 Å². The topological polar surface area (TPSA) is 41.5 Å². The van der Waals surface area contributed by atoms with Gasteiger partial charge in [0, 0.05) is 12.4 Å². The Morgan fingerprint density at radius 1 is 1.75 bits per heavy atom. The Balaban J connectivity index is 2.80. The van der Waals surface area contributed by atoms with Crippen LogP contribution in [0.2, 0.25) is 0 Å². The number of carbonyl (C=O) groups excluding carboxylic acids is 1. The predicted octanol–water partition coefficient (Wildman–Crippen LogP) is -0.153. The SMILES string of the molecule is O=C=C1C=NC=CN1. The fourth-order valence-corrected chi connectivity index (χ4v) is 0.381. The van der Waals surface area contributed by atoms with Crippen molar-refractivity contribution < 1.29 is 4.79 Å². The molecular formula is C5H4N2O. The first kappa shape index (κ1) is 4.81. The fraction of sp³-hybridized carbons (Fsp3) is 0. The van der Waals surface area contributed by atoms with Crippen molar-refractivity contribution in [1.29, 1.82) is 0 Å². The van der Waals surface area contributed by atoms with E-state index >= 15 is 0 Å². The number of hydrogen-bond donors (Lipinski definition) is 1. The molecule has 1 N–H and O–H groups in total. The van der Waals surface area contributed by atoms with Crippen LogP contribution in [0.4, 0.5) is 0 Å². The van der Waals surface area contributed by atoms with Crippen LogP contribution in [0.3, 0.4) is 0 Å². The molecule has 0 saturated carbocycles. The van der Waals surface area contributed by atoms with Crippen LogP contribution in [0.5, 0.6) is 0 Å². The van der Waals surface area contributed by atoms with Gasteiger partial charge in [-0.25, -0.2) is 4.79 Å². The first-order valence-corrected chi connectivity index (χ1v) is 2.13. The zero-order valence-electron chi connectivity index (χ0n) is 4.09. The summed E-state index contributed by atoms with van der Waals surface area (Å²) < 4.78 is 0. The summed E-state index contributed by atoms with van der Waals surface area (Å²) in [7, 11) is 0. The molecule has 0 saturated heterocycles. The number of nitrogens with one attached hydrogen (secondary N) is 1. The highest BCUT2D eigenvalue weighted by Gasteiger charge is 1.89. The summed E-state index contributed by atoms with van der Waals surface area (Å²) in [6, 6.07) is 0. The molecule has 0 aromatic rings. The predicted molar refractivity (Wildman–Crippen MR) is 30.0 cm³/mol. The lowest BCUT2D eigenvalue weighted by atomic mass is 10.5. The highest BCUT2D eigenvalue weighted by atomic mass is 16.1. The van der Waals surface area contributed by atoms with Crippen LogP contribution in [-0.4, -0.2) is 12.2 Å². The summed E-state index contributed by atoms with van der Waals surface area (Å²) in [6.07, 6.45) is 4.54. The van der Waals surface area contributed by atoms with Gasteiger partial charge in [0.25, 0.3) is 0 Å². The number of hydrogen-bond acceptors (Lipinski definition) is 3. The zero-order chi connectivity index (χ0) is 5.82. The van der Waals surface area contributed by atoms with Gasteiger partial charge in [0.1, 0.15) is 5.70 Å². The Hall–Kier alpha value is -1.34. The van der Waals surface area contributed by atoms with Crippen LogP contribution >= 0.6 is 0 Å². The van der Waals surface area contributed by atoms with Crippen LogP contribution < -0.4 is 5.32 Å². The van der Waals surface area contributed by atoms with E-state index in [1.54, 1.807) is 18.3 Å². The van der Waals surface area contributed by atoms with E-state index in [1.807, 2.05) is 0 Å². The summed E-state index contributed by atoms with van der Waals surface area (Å²) in [5.41, 5.74) is 0.368. The number of aliphatic imine (C=N–C) groups is 1. The fourth-order valence-electron chi connectivity index (χ4n) is 0.381. The molecule has 0 amide bonds. The maximum absolute atomic E-state index is 9.81. The van der Waals surface area contributed by atoms with E-state index in [4.69, 9.17) is 0 Å². The Labute approximate surface area is 46.4 Å². The lowest BCUT2D eigenvalue weighted by Gasteiger charge is -1.96. The van der Waals surface area contributed by atoms with Gasteiger partial charge in [0.2, 0.25) is 0 Å². The molecule has 0 bridgehead atoms. The van der Waals surface area contributed by atoms with Crippen LogP contribution in [0, 0.1) is 0 Å². The van der Waals surface area contributed by atoms with E-state index < -0.39 is 0 Å². The van der Waals surface area contributed by atoms with Gasteiger partial charge >= 0.3 is 0 Å². The highest BCUT2D eigenvalue weighted by Crippen LogP contribution is 1.84. The molecule has 0 aliphatic carbocycles. The van der Waals surface area contributed by atoms with Crippen molar-refractivity contribution in [3.63, 3.8) is 0 Å². The second-order valence-electron chi connectivity index (χ2n) is 1.25. The molecule has 3 nitrogen and oxygen atoms in total. The molecule has 1 aliphatic rings. The van der Waals surface area contributed by atoms with Crippen LogP contribution in [0.15, 0.2) is 23.1 Å². The summed E-state index contributed by atoms with van der Waals surface area (Å²) in [4.78, 5) is 13.5. The van der Waals surface area contributed by atoms with Crippen molar-refractivity contribution in [2.75, 3.05) is 0 Å². The molecule has 1 aliphatic heterocycles. The van der Waals surface area contributed by atoms with Crippen LogP contribution in [0.1, 0.15) is 0 Å². The number of nitrogens with zero attached hydrogens (tertiary/aromatic N) is 1. The average molecular weight is 108 g/mol. The summed E-state index contributed by atoms with van der Waals surface area (Å²) >= 11 is 0. The molecule has 8 heavy (non-hydrogen) atoms. The minimum absolute atomic E-state index is 0.368. The molecule has 0 aromatic carbocycles. The first-order valence-electron chi connectivity index (χ1n) is 2.13. The van der Waals surface area contributed by atoms with E-state index in [0.717, 1.165) is 0 Å². The van der Waals surface area contributed by atoms with Crippen molar-refractivity contribution >= 4 is 12.2 Å². The molecule has 1 heterocycles. The minimum Gasteiger partial charge on any atom is -0.350 e. The first-order chi connectivity index (χ1) is 3.93. The third-order valence-electron chi connectivity index (χ3n) is 0.713. The van der Waals surface area contributed by atoms with E-state index in [-0.39, 0.29) is 0 Å². The Morgan fingerprint density at radius 3 is 3.00 bits per heavy atom. The third kappa shape index (κ3) is 0.832. The second-order valence-corrected chi connectivity index (χ2v) is 1.25. The maximum Gasteiger partial charge on any atom is 0.152 e. The molecule has 0 unspecified atom stereocenters. The van der Waals surface area contributed by atoms with E-state index in [2.05, 4.69) is 10.3 Å². The van der Waals surface area contributed by atoms with E-state index in [1.165, 1.54) is 6.21 Å². The number of allylic oxidation sites excluding steroid dienone is 1. The average Bonchev–Trinajstić information content (AvgIpc) is 1.90. The Kier molecular flexibility index (Phi) is 1.26. The molecule has 1 rings (SSSR count). The lowest BCUT2D eigenvalue weighted by Crippen LogP contribution is -2.08. The quantitative estimate of drug-likeness (QED) is 0.438. The minimum atomic E-state index is 0.368. The molecule has 0 fully saturated rings. The van der Waals surface area contributed by atoms with Gasteiger partial charge in [-0.3, -0.25) is 4.99 Å². The molecule has 0 radical (unpaired) electrons. The van der Waals surface area contributed by atoms with Crippen molar-refractivity contribution in [2.24, 2.45) is 4.99 Å². The van der Waals surface area contributed by atoms with Gasteiger partial charge in [0.05, 0.1) is 6.21 Å². The largest absolute Gasteiger partial charge is 0.350 e. The van der Waals surface area contributed by atoms with Crippen molar-refractivity contribution in [3.05, 3.63) is 18.1 Å². The smallest absolute Gasteiger partial charge is 0.152 e. The monoisotopic (exact) mass is 108 g/mol. The van der Waals surface area contributed by atoms with Gasteiger partial charge in [0.15, 0.2) is 5.94 Å². The van der Waals surface area contributed by atoms with Crippen molar-refractivity contribution in [3.8, 4) is 0 Å². The maximum atomic E-state index is 9.81. The lowest BCUT2D eigenvalue weighted by molar-refractivity contribution is 0.567. The van der Waals surface area contributed by atoms with E-state index in [9.17, 15) is 4.79 Å². The molecular weight excluding hydrogens is 104 g/mol. The summed E-state index contributed by atoms with van der Waals surface area (Å²) in [6.45, 7) is 0.